The lowest BCUT2D eigenvalue weighted by molar-refractivity contribution is 0.590. The van der Waals surface area contributed by atoms with Crippen LogP contribution in [0.4, 0.5) is 0 Å². The average molecular weight is 409 g/mol. The van der Waals surface area contributed by atoms with Gasteiger partial charge in [-0.3, -0.25) is 0 Å². The van der Waals surface area contributed by atoms with Crippen LogP contribution in [-0.4, -0.2) is 13.1 Å². The summed E-state index contributed by atoms with van der Waals surface area (Å²) in [6.45, 7) is 9.06. The summed E-state index contributed by atoms with van der Waals surface area (Å²) >= 11 is 0. The molecule has 4 aromatic carbocycles. The van der Waals surface area contributed by atoms with Gasteiger partial charge in [0, 0.05) is 19.6 Å². The van der Waals surface area contributed by atoms with Crippen molar-refractivity contribution in [1.29, 1.82) is 0 Å². The zero-order valence-corrected chi connectivity index (χ0v) is 18.8. The van der Waals surface area contributed by atoms with Crippen LogP contribution in [0.1, 0.15) is 31.9 Å². The lowest BCUT2D eigenvalue weighted by atomic mass is 9.86. The molecule has 4 rings (SSSR count). The van der Waals surface area contributed by atoms with Crippen molar-refractivity contribution < 1.29 is 0 Å². The number of rotatable bonds is 6. The van der Waals surface area contributed by atoms with Gasteiger partial charge in [0.05, 0.1) is 0 Å². The Morgan fingerprint density at radius 1 is 0.742 bits per heavy atom. The van der Waals surface area contributed by atoms with Crippen molar-refractivity contribution in [3.63, 3.8) is 0 Å². The van der Waals surface area contributed by atoms with Crippen molar-refractivity contribution in [3.05, 3.63) is 96.1 Å². The number of hydrogen-bond donors (Lipinski definition) is 2. The zero-order chi connectivity index (χ0) is 21.8. The van der Waals surface area contributed by atoms with Crippen LogP contribution in [-0.2, 0) is 12.0 Å². The summed E-state index contributed by atoms with van der Waals surface area (Å²) in [7, 11) is 0. The number of fused-ring (bicyclic) bond motifs is 1. The third-order valence-electron chi connectivity index (χ3n) is 5.91. The minimum atomic E-state index is 0.165. The number of nitrogens with two attached hydrogens (primary N) is 1. The third-order valence-corrected chi connectivity index (χ3v) is 5.91. The molecule has 0 radical (unpaired) electrons. The van der Waals surface area contributed by atoms with Crippen molar-refractivity contribution in [2.45, 2.75) is 32.7 Å². The van der Waals surface area contributed by atoms with Crippen LogP contribution in [0.5, 0.6) is 0 Å². The minimum absolute atomic E-state index is 0.165. The summed E-state index contributed by atoms with van der Waals surface area (Å²) in [5.41, 5.74) is 13.5. The molecular weight excluding hydrogens is 376 g/mol. The van der Waals surface area contributed by atoms with E-state index in [1.807, 2.05) is 0 Å². The van der Waals surface area contributed by atoms with Gasteiger partial charge in [-0.15, -0.1) is 0 Å². The van der Waals surface area contributed by atoms with Gasteiger partial charge in [0.1, 0.15) is 0 Å². The molecule has 158 valence electrons. The standard InChI is InChI=1S/C29H32N2/c1-29(2,3)25-14-11-21(12-15-25)27-10-6-8-22-19-23(13-16-28(22)27)26-9-5-4-7-24(26)20-31-18-17-30/h4-16,19,31H,17-18,20,30H2,1-3H3. The second-order valence-electron chi connectivity index (χ2n) is 9.19. The number of hydrogen-bond acceptors (Lipinski definition) is 2. The smallest absolute Gasteiger partial charge is 0.0212 e. The molecule has 0 aliphatic rings. The first-order valence-electron chi connectivity index (χ1n) is 11.1. The second kappa shape index (κ2) is 9.05. The molecule has 0 spiro atoms. The molecule has 0 amide bonds. The fraction of sp³-hybridized carbons (Fsp3) is 0.241. The predicted octanol–water partition coefficient (Wildman–Crippen LogP) is 6.52. The van der Waals surface area contributed by atoms with Gasteiger partial charge >= 0.3 is 0 Å². The molecule has 31 heavy (non-hydrogen) atoms. The number of benzene rings is 4. The quantitative estimate of drug-likeness (QED) is 0.356. The molecule has 0 atom stereocenters. The summed E-state index contributed by atoms with van der Waals surface area (Å²) < 4.78 is 0. The Hall–Kier alpha value is -2.94. The maximum absolute atomic E-state index is 5.63. The molecule has 0 aromatic heterocycles. The monoisotopic (exact) mass is 408 g/mol. The van der Waals surface area contributed by atoms with E-state index in [9.17, 15) is 0 Å². The Morgan fingerprint density at radius 2 is 1.45 bits per heavy atom. The Balaban J connectivity index is 1.71. The SMILES string of the molecule is CC(C)(C)c1ccc(-c2cccc3cc(-c4ccccc4CNCCN)ccc23)cc1. The van der Waals surface area contributed by atoms with Crippen molar-refractivity contribution in [2.24, 2.45) is 5.73 Å². The van der Waals surface area contributed by atoms with Gasteiger partial charge in [0.15, 0.2) is 0 Å². The lowest BCUT2D eigenvalue weighted by Gasteiger charge is -2.19. The normalized spacial score (nSPS) is 11.7. The van der Waals surface area contributed by atoms with Crippen LogP contribution in [0.25, 0.3) is 33.0 Å². The first-order valence-corrected chi connectivity index (χ1v) is 11.1. The van der Waals surface area contributed by atoms with Crippen LogP contribution < -0.4 is 11.1 Å². The van der Waals surface area contributed by atoms with E-state index in [0.29, 0.717) is 6.54 Å². The van der Waals surface area contributed by atoms with Gasteiger partial charge in [0.25, 0.3) is 0 Å². The van der Waals surface area contributed by atoms with Crippen LogP contribution in [0.2, 0.25) is 0 Å². The molecule has 2 nitrogen and oxygen atoms in total. The van der Waals surface area contributed by atoms with Crippen LogP contribution in [0.3, 0.4) is 0 Å². The molecule has 0 saturated carbocycles. The van der Waals surface area contributed by atoms with Gasteiger partial charge in [-0.05, 0) is 55.6 Å². The van der Waals surface area contributed by atoms with E-state index in [2.05, 4.69) is 111 Å². The molecule has 3 N–H and O–H groups in total. The molecule has 0 heterocycles. The van der Waals surface area contributed by atoms with Gasteiger partial charge in [-0.25, -0.2) is 0 Å². The van der Waals surface area contributed by atoms with E-state index in [1.165, 1.54) is 44.2 Å². The molecular formula is C29H32N2. The van der Waals surface area contributed by atoms with Gasteiger partial charge in [0.2, 0.25) is 0 Å². The second-order valence-corrected chi connectivity index (χ2v) is 9.19. The highest BCUT2D eigenvalue weighted by atomic mass is 14.9. The first-order chi connectivity index (χ1) is 15.0. The lowest BCUT2D eigenvalue weighted by Crippen LogP contribution is -2.22. The third kappa shape index (κ3) is 4.71. The van der Waals surface area contributed by atoms with Crippen molar-refractivity contribution in [3.8, 4) is 22.3 Å². The molecule has 0 unspecified atom stereocenters. The largest absolute Gasteiger partial charge is 0.329 e. The van der Waals surface area contributed by atoms with E-state index in [4.69, 9.17) is 5.73 Å². The highest BCUT2D eigenvalue weighted by molar-refractivity contribution is 5.98. The fourth-order valence-corrected chi connectivity index (χ4v) is 4.13. The van der Waals surface area contributed by atoms with E-state index in [0.717, 1.165) is 13.1 Å². The fourth-order valence-electron chi connectivity index (χ4n) is 4.13. The topological polar surface area (TPSA) is 38.0 Å². The number of nitrogens with one attached hydrogen (secondary N) is 1. The summed E-state index contributed by atoms with van der Waals surface area (Å²) in [4.78, 5) is 0. The van der Waals surface area contributed by atoms with Crippen LogP contribution in [0.15, 0.2) is 84.9 Å². The van der Waals surface area contributed by atoms with Crippen LogP contribution >= 0.6 is 0 Å². The van der Waals surface area contributed by atoms with E-state index >= 15 is 0 Å². The summed E-state index contributed by atoms with van der Waals surface area (Å²) in [6.07, 6.45) is 0. The zero-order valence-electron chi connectivity index (χ0n) is 18.8. The maximum atomic E-state index is 5.63. The minimum Gasteiger partial charge on any atom is -0.329 e. The molecule has 0 aliphatic carbocycles. The van der Waals surface area contributed by atoms with E-state index in [-0.39, 0.29) is 5.41 Å². The maximum Gasteiger partial charge on any atom is 0.0212 e. The Labute approximate surface area is 186 Å². The van der Waals surface area contributed by atoms with E-state index < -0.39 is 0 Å². The molecule has 0 aliphatic heterocycles. The highest BCUT2D eigenvalue weighted by Crippen LogP contribution is 2.34. The molecule has 4 aromatic rings. The van der Waals surface area contributed by atoms with Gasteiger partial charge < -0.3 is 11.1 Å². The Morgan fingerprint density at radius 3 is 2.19 bits per heavy atom. The summed E-state index contributed by atoms with van der Waals surface area (Å²) in [5.74, 6) is 0. The summed E-state index contributed by atoms with van der Waals surface area (Å²) in [5, 5.41) is 5.97. The van der Waals surface area contributed by atoms with Crippen molar-refractivity contribution >= 4 is 10.8 Å². The Kier molecular flexibility index (Phi) is 6.22. The van der Waals surface area contributed by atoms with Gasteiger partial charge in [-0.2, -0.15) is 0 Å². The molecule has 0 saturated heterocycles. The van der Waals surface area contributed by atoms with Gasteiger partial charge in [-0.1, -0.05) is 99.6 Å². The first kappa shape index (κ1) is 21.3. The predicted molar refractivity (Wildman–Crippen MR) is 134 cm³/mol. The molecule has 2 heteroatoms. The Bertz CT molecular complexity index is 1170. The van der Waals surface area contributed by atoms with Crippen molar-refractivity contribution in [1.82, 2.24) is 5.32 Å². The average Bonchev–Trinajstić information content (AvgIpc) is 2.78. The molecule has 0 bridgehead atoms. The highest BCUT2D eigenvalue weighted by Gasteiger charge is 2.14. The molecule has 0 fully saturated rings. The summed E-state index contributed by atoms with van der Waals surface area (Å²) in [6, 6.07) is 31.0. The van der Waals surface area contributed by atoms with Crippen molar-refractivity contribution in [2.75, 3.05) is 13.1 Å². The van der Waals surface area contributed by atoms with Crippen LogP contribution in [0, 0.1) is 0 Å². The van der Waals surface area contributed by atoms with E-state index in [1.54, 1.807) is 0 Å².